The maximum Gasteiger partial charge on any atom is 0.308 e. The van der Waals surface area contributed by atoms with Crippen LogP contribution in [0.1, 0.15) is 23.6 Å². The highest BCUT2D eigenvalue weighted by molar-refractivity contribution is 7.15. The number of aromatic nitrogens is 3. The third-order valence-electron chi connectivity index (χ3n) is 3.15. The Morgan fingerprint density at radius 2 is 2.00 bits per heavy atom. The molecule has 6 nitrogen and oxygen atoms in total. The molecule has 0 aliphatic heterocycles. The normalized spacial score (nSPS) is 12.0. The van der Waals surface area contributed by atoms with Crippen LogP contribution in [0.3, 0.4) is 0 Å². The molecule has 2 aromatic heterocycles. The van der Waals surface area contributed by atoms with Crippen LogP contribution >= 0.6 is 11.3 Å². The van der Waals surface area contributed by atoms with Crippen LogP contribution in [0.2, 0.25) is 0 Å². The Morgan fingerprint density at radius 3 is 2.59 bits per heavy atom. The third kappa shape index (κ3) is 2.50. The second kappa shape index (κ2) is 5.34. The molecule has 0 unspecified atom stereocenters. The molecule has 0 fully saturated rings. The average molecular weight is 315 g/mol. The molecule has 0 N–H and O–H groups in total. The molecular weight excluding hydrogens is 302 g/mol. The Hall–Kier alpha value is -2.54. The van der Waals surface area contributed by atoms with Gasteiger partial charge in [-0.2, -0.15) is 9.61 Å². The minimum absolute atomic E-state index is 0.183. The zero-order valence-electron chi connectivity index (χ0n) is 12.3. The summed E-state index contributed by atoms with van der Waals surface area (Å²) in [6.07, 6.45) is 3.15. The number of nitrogens with zero attached hydrogens (tertiary/aromatic N) is 3. The molecule has 0 atom stereocenters. The number of fused-ring (bicyclic) bond motifs is 1. The first kappa shape index (κ1) is 14.4. The van der Waals surface area contributed by atoms with Crippen LogP contribution in [0.4, 0.5) is 0 Å². The largest absolute Gasteiger partial charge is 0.426 e. The molecule has 0 aliphatic rings. The van der Waals surface area contributed by atoms with Crippen molar-refractivity contribution >= 4 is 28.3 Å². The van der Waals surface area contributed by atoms with Crippen LogP contribution in [0.5, 0.6) is 5.75 Å². The molecule has 112 valence electrons. The second-order valence-corrected chi connectivity index (χ2v) is 5.96. The number of ether oxygens (including phenoxy) is 1. The molecular formula is C15H13N3O3S. The van der Waals surface area contributed by atoms with Crippen molar-refractivity contribution in [2.45, 2.75) is 20.8 Å². The fourth-order valence-corrected chi connectivity index (χ4v) is 3.18. The van der Waals surface area contributed by atoms with Crippen molar-refractivity contribution in [1.29, 1.82) is 0 Å². The van der Waals surface area contributed by atoms with Crippen LogP contribution in [0, 0.1) is 13.8 Å². The first-order valence-corrected chi connectivity index (χ1v) is 7.41. The van der Waals surface area contributed by atoms with Gasteiger partial charge in [-0.1, -0.05) is 11.3 Å². The van der Waals surface area contributed by atoms with Crippen LogP contribution in [0.15, 0.2) is 23.3 Å². The summed E-state index contributed by atoms with van der Waals surface area (Å²) in [4.78, 5) is 27.9. The third-order valence-corrected chi connectivity index (χ3v) is 4.12. The molecule has 0 radical (unpaired) electrons. The van der Waals surface area contributed by atoms with Gasteiger partial charge in [-0.25, -0.2) is 4.98 Å². The fourth-order valence-electron chi connectivity index (χ4n) is 2.30. The maximum absolute atomic E-state index is 12.1. The number of carbonyl (C=O) groups is 1. The van der Waals surface area contributed by atoms with Gasteiger partial charge in [-0.05, 0) is 48.7 Å². The van der Waals surface area contributed by atoms with Gasteiger partial charge in [0.25, 0.3) is 5.56 Å². The van der Waals surface area contributed by atoms with Gasteiger partial charge < -0.3 is 4.74 Å². The molecule has 0 saturated carbocycles. The number of esters is 1. The Kier molecular flexibility index (Phi) is 3.50. The van der Waals surface area contributed by atoms with E-state index in [0.29, 0.717) is 15.2 Å². The van der Waals surface area contributed by atoms with Crippen molar-refractivity contribution in [2.24, 2.45) is 0 Å². The van der Waals surface area contributed by atoms with Crippen molar-refractivity contribution in [3.05, 3.63) is 50.0 Å². The van der Waals surface area contributed by atoms with E-state index in [0.717, 1.165) is 16.7 Å². The predicted octanol–water partition coefficient (Wildman–Crippen LogP) is 1.24. The van der Waals surface area contributed by atoms with Gasteiger partial charge in [-0.3, -0.25) is 9.59 Å². The number of rotatable bonds is 2. The highest BCUT2D eigenvalue weighted by atomic mass is 32.1. The lowest BCUT2D eigenvalue weighted by Gasteiger charge is -2.10. The smallest absolute Gasteiger partial charge is 0.308 e. The molecule has 0 amide bonds. The Morgan fingerprint density at radius 1 is 1.32 bits per heavy atom. The molecule has 22 heavy (non-hydrogen) atoms. The molecule has 1 aromatic carbocycles. The highest BCUT2D eigenvalue weighted by Gasteiger charge is 2.09. The number of hydrogen-bond donors (Lipinski definition) is 0. The first-order valence-electron chi connectivity index (χ1n) is 6.59. The van der Waals surface area contributed by atoms with Crippen LogP contribution < -0.4 is 14.8 Å². The van der Waals surface area contributed by atoms with E-state index >= 15 is 0 Å². The summed E-state index contributed by atoms with van der Waals surface area (Å²) in [7, 11) is 0. The van der Waals surface area contributed by atoms with Gasteiger partial charge in [0.05, 0.1) is 4.53 Å². The van der Waals surface area contributed by atoms with E-state index in [2.05, 4.69) is 10.1 Å². The minimum Gasteiger partial charge on any atom is -0.426 e. The zero-order chi connectivity index (χ0) is 15.9. The number of thiazole rings is 1. The summed E-state index contributed by atoms with van der Waals surface area (Å²) in [5, 5.41) is 3.89. The van der Waals surface area contributed by atoms with Gasteiger partial charge >= 0.3 is 5.97 Å². The Labute approximate surface area is 129 Å². The predicted molar refractivity (Wildman–Crippen MR) is 83.1 cm³/mol. The van der Waals surface area contributed by atoms with Gasteiger partial charge in [0.15, 0.2) is 0 Å². The van der Waals surface area contributed by atoms with E-state index in [1.165, 1.54) is 29.1 Å². The number of hydrogen-bond acceptors (Lipinski definition) is 6. The van der Waals surface area contributed by atoms with Crippen molar-refractivity contribution in [3.8, 4) is 5.75 Å². The van der Waals surface area contributed by atoms with Crippen LogP contribution in [-0.4, -0.2) is 20.6 Å². The Bertz CT molecular complexity index is 964. The zero-order valence-corrected chi connectivity index (χ0v) is 13.1. The van der Waals surface area contributed by atoms with Crippen LogP contribution in [-0.2, 0) is 4.79 Å². The molecule has 0 bridgehead atoms. The van der Waals surface area contributed by atoms with Crippen molar-refractivity contribution in [3.63, 3.8) is 0 Å². The summed E-state index contributed by atoms with van der Waals surface area (Å²) in [6, 6.07) is 3.75. The quantitative estimate of drug-likeness (QED) is 0.525. The monoisotopic (exact) mass is 315 g/mol. The number of aryl methyl sites for hydroxylation is 2. The Balaban J connectivity index is 2.11. The highest BCUT2D eigenvalue weighted by Crippen LogP contribution is 2.25. The summed E-state index contributed by atoms with van der Waals surface area (Å²) >= 11 is 1.29. The molecule has 2 heterocycles. The van der Waals surface area contributed by atoms with Gasteiger partial charge in [-0.15, -0.1) is 0 Å². The van der Waals surface area contributed by atoms with Crippen molar-refractivity contribution < 1.29 is 9.53 Å². The van der Waals surface area contributed by atoms with Crippen molar-refractivity contribution in [1.82, 2.24) is 14.6 Å². The number of carbonyl (C=O) groups excluding carboxylic acids is 1. The lowest BCUT2D eigenvalue weighted by molar-refractivity contribution is -0.131. The van der Waals surface area contributed by atoms with E-state index < -0.39 is 0 Å². The van der Waals surface area contributed by atoms with Crippen molar-refractivity contribution in [2.75, 3.05) is 0 Å². The lowest BCUT2D eigenvalue weighted by atomic mass is 10.1. The topological polar surface area (TPSA) is 73.6 Å². The van der Waals surface area contributed by atoms with Crippen LogP contribution in [0.25, 0.3) is 11.0 Å². The molecule has 7 heteroatoms. The molecule has 0 saturated heterocycles. The average Bonchev–Trinajstić information content (AvgIpc) is 2.99. The number of benzene rings is 1. The first-order chi connectivity index (χ1) is 10.5. The molecule has 0 spiro atoms. The summed E-state index contributed by atoms with van der Waals surface area (Å²) < 4.78 is 7.05. The van der Waals surface area contributed by atoms with E-state index in [-0.39, 0.29) is 11.5 Å². The van der Waals surface area contributed by atoms with E-state index in [1.54, 1.807) is 6.08 Å². The SMILES string of the molecule is CC(=O)Oc1c(C)cc(C=c2sc3ncnn3c2=O)cc1C. The minimum atomic E-state index is -0.352. The van der Waals surface area contributed by atoms with E-state index in [1.807, 2.05) is 26.0 Å². The van der Waals surface area contributed by atoms with Gasteiger partial charge in [0.1, 0.15) is 12.1 Å². The standard InChI is InChI=1S/C15H13N3O3S/c1-8-4-11(5-9(2)13(8)21-10(3)19)6-12-14(20)18-15(22-12)16-7-17-18/h4-7H,1-3H3. The summed E-state index contributed by atoms with van der Waals surface area (Å²) in [6.45, 7) is 5.10. The maximum atomic E-state index is 12.1. The van der Waals surface area contributed by atoms with Gasteiger partial charge in [0.2, 0.25) is 4.96 Å². The second-order valence-electron chi connectivity index (χ2n) is 4.95. The summed E-state index contributed by atoms with van der Waals surface area (Å²) in [5.74, 6) is 0.213. The molecule has 3 aromatic rings. The van der Waals surface area contributed by atoms with E-state index in [9.17, 15) is 9.59 Å². The molecule has 0 aliphatic carbocycles. The lowest BCUT2D eigenvalue weighted by Crippen LogP contribution is -2.23. The summed E-state index contributed by atoms with van der Waals surface area (Å²) in [5.41, 5.74) is 2.37. The molecule has 3 rings (SSSR count). The van der Waals surface area contributed by atoms with E-state index in [4.69, 9.17) is 4.74 Å². The fraction of sp³-hybridized carbons (Fsp3) is 0.200. The van der Waals surface area contributed by atoms with Gasteiger partial charge in [0, 0.05) is 6.92 Å².